The minimum atomic E-state index is -0.927. The lowest BCUT2D eigenvalue weighted by Crippen LogP contribution is -2.47. The first kappa shape index (κ1) is 38.7. The quantitative estimate of drug-likeness (QED) is 0.105. The number of carbonyl (C=O) groups is 6. The van der Waals surface area contributed by atoms with Gasteiger partial charge < -0.3 is 29.2 Å². The summed E-state index contributed by atoms with van der Waals surface area (Å²) in [6, 6.07) is 9.68. The summed E-state index contributed by atoms with van der Waals surface area (Å²) in [6.07, 6.45) is 6.12. The molecule has 2 aromatic heterocycles. The number of nitrogens with zero attached hydrogens (tertiary/aromatic N) is 3. The van der Waals surface area contributed by atoms with Crippen LogP contribution < -0.4 is 25.7 Å². The summed E-state index contributed by atoms with van der Waals surface area (Å²) in [4.78, 5) is 89.0. The number of aryl methyl sites for hydroxylation is 3. The van der Waals surface area contributed by atoms with Gasteiger partial charge in [-0.1, -0.05) is 6.07 Å². The van der Waals surface area contributed by atoms with Gasteiger partial charge in [0.15, 0.2) is 5.78 Å². The van der Waals surface area contributed by atoms with Crippen LogP contribution in [0.1, 0.15) is 76.8 Å². The first-order valence-electron chi connectivity index (χ1n) is 18.4. The molecule has 6 rings (SSSR count). The van der Waals surface area contributed by atoms with Gasteiger partial charge in [0.05, 0.1) is 37.8 Å². The number of aromatic nitrogens is 2. The standard InChI is InChI=1S/C41H45N5O9/c1-44-18-15-27-31(23-45(2)41(53)38(27)44)25-20-34(54-3)29(35(21-25)55-4)7-5-8-36(49)42-16-6-17-43-37(50)14-10-24-9-12-28-30(19-24)40(52)46(39(28)51)32-13-11-26(47)22-33(32)48/h9,12,15,18-21,23,32H,5-8,10-11,13-14,16-17,22H2,1-4H3,(H,42,49)(H,43,50). The van der Waals surface area contributed by atoms with Gasteiger partial charge in [0.1, 0.15) is 22.8 Å². The monoisotopic (exact) mass is 751 g/mol. The van der Waals surface area contributed by atoms with Crippen LogP contribution in [0.2, 0.25) is 0 Å². The minimum Gasteiger partial charge on any atom is -0.496 e. The van der Waals surface area contributed by atoms with Crippen molar-refractivity contribution in [2.75, 3.05) is 27.3 Å². The first-order chi connectivity index (χ1) is 26.4. The summed E-state index contributed by atoms with van der Waals surface area (Å²) in [7, 11) is 6.75. The molecule has 2 N–H and O–H groups in total. The maximum Gasteiger partial charge on any atom is 0.274 e. The number of ether oxygens (including phenoxy) is 2. The van der Waals surface area contributed by atoms with Crippen LogP contribution in [0.15, 0.2) is 53.6 Å². The number of benzene rings is 2. The van der Waals surface area contributed by atoms with E-state index < -0.39 is 23.6 Å². The highest BCUT2D eigenvalue weighted by Gasteiger charge is 2.44. The lowest BCUT2D eigenvalue weighted by atomic mass is 9.92. The smallest absolute Gasteiger partial charge is 0.274 e. The molecule has 1 atom stereocenters. The molecule has 3 heterocycles. The van der Waals surface area contributed by atoms with Crippen molar-refractivity contribution in [1.82, 2.24) is 24.7 Å². The van der Waals surface area contributed by atoms with Crippen molar-refractivity contribution in [2.24, 2.45) is 14.1 Å². The number of fused-ring (bicyclic) bond motifs is 2. The number of amides is 4. The number of Topliss-reactive ketones (excluding diaryl/α,β-unsaturated/α-hetero) is 2. The van der Waals surface area contributed by atoms with Crippen LogP contribution in [0.4, 0.5) is 0 Å². The molecule has 0 radical (unpaired) electrons. The van der Waals surface area contributed by atoms with Crippen molar-refractivity contribution < 1.29 is 38.2 Å². The van der Waals surface area contributed by atoms with E-state index in [2.05, 4.69) is 10.6 Å². The molecule has 1 unspecified atom stereocenters. The maximum atomic E-state index is 13.1. The summed E-state index contributed by atoms with van der Waals surface area (Å²) in [5.41, 5.74) is 4.20. The fourth-order valence-corrected chi connectivity index (χ4v) is 7.40. The summed E-state index contributed by atoms with van der Waals surface area (Å²) in [6.45, 7) is 0.762. The molecule has 55 heavy (non-hydrogen) atoms. The molecule has 14 heteroatoms. The van der Waals surface area contributed by atoms with Crippen molar-refractivity contribution in [2.45, 2.75) is 63.8 Å². The molecule has 0 spiro atoms. The average Bonchev–Trinajstić information content (AvgIpc) is 3.67. The SMILES string of the molecule is COc1cc(-c2cn(C)c(=O)c3c2ccn3C)cc(OC)c1CCCC(=O)NCCCNC(=O)CCc1ccc2c(c1)C(=O)N(C1CCC(=O)CC1=O)C2=O. The minimum absolute atomic E-state index is 0.0841. The lowest BCUT2D eigenvalue weighted by Gasteiger charge is -2.27. The summed E-state index contributed by atoms with van der Waals surface area (Å²) in [5.74, 6) is -0.742. The molecule has 4 amide bonds. The van der Waals surface area contributed by atoms with E-state index in [9.17, 15) is 33.6 Å². The Labute approximate surface area is 317 Å². The second-order valence-electron chi connectivity index (χ2n) is 14.0. The zero-order chi connectivity index (χ0) is 39.4. The molecule has 2 aliphatic rings. The highest BCUT2D eigenvalue weighted by atomic mass is 16.5. The van der Waals surface area contributed by atoms with Crippen molar-refractivity contribution in [3.05, 3.63) is 81.4 Å². The maximum absolute atomic E-state index is 13.1. The molecule has 2 aromatic carbocycles. The van der Waals surface area contributed by atoms with Gasteiger partial charge in [-0.2, -0.15) is 0 Å². The van der Waals surface area contributed by atoms with E-state index >= 15 is 0 Å². The van der Waals surface area contributed by atoms with Gasteiger partial charge in [0, 0.05) is 75.4 Å². The predicted molar refractivity (Wildman–Crippen MR) is 203 cm³/mol. The third-order valence-electron chi connectivity index (χ3n) is 10.3. The van der Waals surface area contributed by atoms with Crippen LogP contribution in [0, 0.1) is 0 Å². The second kappa shape index (κ2) is 16.5. The normalized spacial score (nSPS) is 15.4. The lowest BCUT2D eigenvalue weighted by molar-refractivity contribution is -0.132. The van der Waals surface area contributed by atoms with Gasteiger partial charge in [0.2, 0.25) is 11.8 Å². The summed E-state index contributed by atoms with van der Waals surface area (Å²) < 4.78 is 14.9. The van der Waals surface area contributed by atoms with E-state index in [4.69, 9.17) is 9.47 Å². The van der Waals surface area contributed by atoms with E-state index in [1.165, 1.54) is 0 Å². The third-order valence-corrected chi connectivity index (χ3v) is 10.3. The molecular weight excluding hydrogens is 706 g/mol. The fraction of sp³-hybridized carbons (Fsp3) is 0.390. The molecule has 0 saturated heterocycles. The highest BCUT2D eigenvalue weighted by Crippen LogP contribution is 2.38. The number of carbonyl (C=O) groups excluding carboxylic acids is 6. The number of imide groups is 1. The summed E-state index contributed by atoms with van der Waals surface area (Å²) >= 11 is 0. The number of ketones is 2. The van der Waals surface area contributed by atoms with Crippen molar-refractivity contribution >= 4 is 46.1 Å². The Morgan fingerprint density at radius 1 is 0.782 bits per heavy atom. The number of pyridine rings is 1. The molecular formula is C41H45N5O9. The van der Waals surface area contributed by atoms with Crippen molar-refractivity contribution in [3.8, 4) is 22.6 Å². The largest absolute Gasteiger partial charge is 0.496 e. The highest BCUT2D eigenvalue weighted by molar-refractivity contribution is 6.23. The predicted octanol–water partition coefficient (Wildman–Crippen LogP) is 3.43. The van der Waals surface area contributed by atoms with Crippen molar-refractivity contribution in [1.29, 1.82) is 0 Å². The molecule has 1 saturated carbocycles. The van der Waals surface area contributed by atoms with Crippen LogP contribution >= 0.6 is 0 Å². The average molecular weight is 752 g/mol. The number of methoxy groups -OCH3 is 2. The van der Waals surface area contributed by atoms with E-state index in [1.54, 1.807) is 44.0 Å². The Morgan fingerprint density at radius 3 is 2.13 bits per heavy atom. The zero-order valence-corrected chi connectivity index (χ0v) is 31.5. The number of hydrogen-bond acceptors (Lipinski definition) is 9. The number of rotatable bonds is 15. The van der Waals surface area contributed by atoms with Gasteiger partial charge in [-0.15, -0.1) is 0 Å². The van der Waals surface area contributed by atoms with Crippen LogP contribution in [-0.2, 0) is 46.1 Å². The Hall–Kier alpha value is -6.05. The molecule has 288 valence electrons. The van der Waals surface area contributed by atoms with Gasteiger partial charge in [0.25, 0.3) is 17.4 Å². The van der Waals surface area contributed by atoms with Crippen LogP contribution in [0.5, 0.6) is 11.5 Å². The Morgan fingerprint density at radius 2 is 1.45 bits per heavy atom. The van der Waals surface area contributed by atoms with Crippen LogP contribution in [-0.4, -0.2) is 82.6 Å². The Balaban J connectivity index is 0.929. The van der Waals surface area contributed by atoms with E-state index in [0.29, 0.717) is 61.4 Å². The Kier molecular flexibility index (Phi) is 11.6. The van der Waals surface area contributed by atoms with Gasteiger partial charge in [-0.05, 0) is 73.6 Å². The van der Waals surface area contributed by atoms with Crippen LogP contribution in [0.25, 0.3) is 22.0 Å². The topological polar surface area (TPSA) is 175 Å². The van der Waals surface area contributed by atoms with Crippen LogP contribution in [0.3, 0.4) is 0 Å². The van der Waals surface area contributed by atoms with E-state index in [1.807, 2.05) is 42.2 Å². The number of nitrogens with one attached hydrogen (secondary N) is 2. The second-order valence-corrected chi connectivity index (χ2v) is 14.0. The molecule has 14 nitrogen and oxygen atoms in total. The third kappa shape index (κ3) is 8.08. The Bertz CT molecular complexity index is 2240. The van der Waals surface area contributed by atoms with E-state index in [-0.39, 0.29) is 66.4 Å². The molecule has 1 aliphatic heterocycles. The van der Waals surface area contributed by atoms with E-state index in [0.717, 1.165) is 27.0 Å². The van der Waals surface area contributed by atoms with Gasteiger partial charge >= 0.3 is 0 Å². The molecule has 4 aromatic rings. The number of hydrogen-bond donors (Lipinski definition) is 2. The zero-order valence-electron chi connectivity index (χ0n) is 31.5. The summed E-state index contributed by atoms with van der Waals surface area (Å²) in [5, 5.41) is 6.57. The van der Waals surface area contributed by atoms with Crippen molar-refractivity contribution in [3.63, 3.8) is 0 Å². The molecule has 1 aliphatic carbocycles. The fourth-order valence-electron chi connectivity index (χ4n) is 7.40. The van der Waals surface area contributed by atoms with Gasteiger partial charge in [-0.25, -0.2) is 0 Å². The van der Waals surface area contributed by atoms with Gasteiger partial charge in [-0.3, -0.25) is 38.5 Å². The molecule has 1 fully saturated rings. The first-order valence-corrected chi connectivity index (χ1v) is 18.4. The molecule has 0 bridgehead atoms.